The average molecular weight is 362 g/mol. The highest BCUT2D eigenvalue weighted by Gasteiger charge is 2.19. The van der Waals surface area contributed by atoms with Gasteiger partial charge in [-0.15, -0.1) is 10.2 Å². The van der Waals surface area contributed by atoms with E-state index in [1.165, 1.54) is 24.3 Å². The number of carbonyl (C=O) groups excluding carboxylic acids is 2. The molecule has 138 valence electrons. The highest BCUT2D eigenvalue weighted by molar-refractivity contribution is 5.73. The van der Waals surface area contributed by atoms with Crippen molar-refractivity contribution in [2.45, 2.75) is 38.7 Å². The zero-order valence-corrected chi connectivity index (χ0v) is 14.1. The Labute approximate surface area is 148 Å². The van der Waals surface area contributed by atoms with Crippen LogP contribution in [0.15, 0.2) is 28.7 Å². The molecule has 2 aromatic rings. The van der Waals surface area contributed by atoms with Crippen LogP contribution < -0.4 is 5.73 Å². The fraction of sp³-hybridized carbons (Fsp3) is 0.375. The summed E-state index contributed by atoms with van der Waals surface area (Å²) in [5, 5.41) is 18.3. The van der Waals surface area contributed by atoms with Crippen molar-refractivity contribution < 1.29 is 23.7 Å². The van der Waals surface area contributed by atoms with Gasteiger partial charge in [-0.2, -0.15) is 0 Å². The summed E-state index contributed by atoms with van der Waals surface area (Å²) in [5.74, 6) is -0.573. The van der Waals surface area contributed by atoms with E-state index in [-0.39, 0.29) is 30.3 Å². The van der Waals surface area contributed by atoms with Crippen LogP contribution in [0.3, 0.4) is 0 Å². The first kappa shape index (κ1) is 19.0. The van der Waals surface area contributed by atoms with Gasteiger partial charge in [0, 0.05) is 30.5 Å². The lowest BCUT2D eigenvalue weighted by Gasteiger charge is -2.09. The molecule has 0 saturated heterocycles. The van der Waals surface area contributed by atoms with E-state index in [2.05, 4.69) is 10.2 Å². The normalized spacial score (nSPS) is 11.7. The van der Waals surface area contributed by atoms with Crippen LogP contribution in [0, 0.1) is 10.1 Å². The first-order valence-electron chi connectivity index (χ1n) is 7.93. The molecule has 0 aliphatic rings. The number of hydrogen-bond donors (Lipinski definition) is 1. The number of esters is 1. The molecule has 1 heterocycles. The number of nitrogens with two attached hydrogens (primary N) is 1. The van der Waals surface area contributed by atoms with Crippen molar-refractivity contribution in [1.82, 2.24) is 10.2 Å². The topological polar surface area (TPSA) is 151 Å². The molecule has 0 fully saturated rings. The number of hydrogen-bond acceptors (Lipinski definition) is 8. The number of benzene rings is 1. The van der Waals surface area contributed by atoms with Crippen LogP contribution in [-0.4, -0.2) is 27.0 Å². The Bertz CT molecular complexity index is 786. The van der Waals surface area contributed by atoms with Gasteiger partial charge >= 0.3 is 5.97 Å². The van der Waals surface area contributed by atoms with E-state index in [0.717, 1.165) is 0 Å². The zero-order valence-electron chi connectivity index (χ0n) is 14.1. The Morgan fingerprint density at radius 1 is 1.23 bits per heavy atom. The number of non-ortho nitro benzene ring substituents is 1. The molecule has 26 heavy (non-hydrogen) atoms. The van der Waals surface area contributed by atoms with Crippen molar-refractivity contribution in [2.75, 3.05) is 0 Å². The minimum Gasteiger partial charge on any atom is -0.453 e. The van der Waals surface area contributed by atoms with E-state index in [1.54, 1.807) is 6.92 Å². The molecule has 10 heteroatoms. The maximum Gasteiger partial charge on any atom is 0.306 e. The van der Waals surface area contributed by atoms with Gasteiger partial charge in [-0.25, -0.2) is 0 Å². The van der Waals surface area contributed by atoms with Gasteiger partial charge in [0.2, 0.25) is 11.8 Å². The predicted molar refractivity (Wildman–Crippen MR) is 88.6 cm³/mol. The smallest absolute Gasteiger partial charge is 0.306 e. The molecule has 1 atom stereocenters. The summed E-state index contributed by atoms with van der Waals surface area (Å²) in [5.41, 5.74) is 5.49. The number of nitrogens with zero attached hydrogens (tertiary/aromatic N) is 3. The van der Waals surface area contributed by atoms with Gasteiger partial charge in [0.1, 0.15) is 0 Å². The monoisotopic (exact) mass is 362 g/mol. The molecular weight excluding hydrogens is 344 g/mol. The lowest BCUT2D eigenvalue weighted by Crippen LogP contribution is -2.11. The van der Waals surface area contributed by atoms with Gasteiger partial charge in [0.05, 0.1) is 4.92 Å². The number of ether oxygens (including phenoxy) is 1. The van der Waals surface area contributed by atoms with Crippen molar-refractivity contribution in [3.63, 3.8) is 0 Å². The van der Waals surface area contributed by atoms with Crippen LogP contribution in [0.2, 0.25) is 0 Å². The number of nitro benzene ring substituents is 1. The molecule has 0 saturated carbocycles. The SMILES string of the molecule is C[C@@H](OC(=O)CCCCC(N)=O)c1nnc(-c2ccc([N+](=O)[O-])cc2)o1. The maximum atomic E-state index is 11.8. The Morgan fingerprint density at radius 3 is 2.50 bits per heavy atom. The number of rotatable bonds is 9. The first-order chi connectivity index (χ1) is 12.4. The van der Waals surface area contributed by atoms with E-state index in [9.17, 15) is 19.7 Å². The molecule has 0 radical (unpaired) electrons. The molecule has 0 aliphatic carbocycles. The summed E-state index contributed by atoms with van der Waals surface area (Å²) in [7, 11) is 0. The molecule has 1 aromatic heterocycles. The van der Waals surface area contributed by atoms with Crippen molar-refractivity contribution in [2.24, 2.45) is 5.73 Å². The number of amides is 1. The fourth-order valence-electron chi connectivity index (χ4n) is 2.12. The molecule has 0 unspecified atom stereocenters. The maximum absolute atomic E-state index is 11.8. The van der Waals surface area contributed by atoms with Crippen LogP contribution in [0.5, 0.6) is 0 Å². The Kier molecular flexibility index (Phi) is 6.36. The van der Waals surface area contributed by atoms with E-state index >= 15 is 0 Å². The standard InChI is InChI=1S/C16H18N4O6/c1-10(25-14(22)5-3-2-4-13(17)21)15-18-19-16(26-15)11-6-8-12(9-7-11)20(23)24/h6-10H,2-5H2,1H3,(H2,17,21)/t10-/m1/s1. The molecule has 0 spiro atoms. The first-order valence-corrected chi connectivity index (χ1v) is 7.93. The molecular formula is C16H18N4O6. The molecule has 0 bridgehead atoms. The number of nitro groups is 1. The predicted octanol–water partition coefficient (Wildman–Crippen LogP) is 2.29. The van der Waals surface area contributed by atoms with Crippen LogP contribution in [0.25, 0.3) is 11.5 Å². The Hall–Kier alpha value is -3.30. The highest BCUT2D eigenvalue weighted by Crippen LogP contribution is 2.24. The van der Waals surface area contributed by atoms with Crippen LogP contribution in [0.4, 0.5) is 5.69 Å². The second-order valence-electron chi connectivity index (χ2n) is 5.55. The quantitative estimate of drug-likeness (QED) is 0.309. The van der Waals surface area contributed by atoms with E-state index in [0.29, 0.717) is 18.4 Å². The molecule has 0 aliphatic heterocycles. The lowest BCUT2D eigenvalue weighted by atomic mass is 10.2. The molecule has 2 N–H and O–H groups in total. The molecule has 1 amide bonds. The van der Waals surface area contributed by atoms with Gasteiger partial charge in [0.15, 0.2) is 6.10 Å². The number of carbonyl (C=O) groups is 2. The van der Waals surface area contributed by atoms with Crippen molar-refractivity contribution in [3.05, 3.63) is 40.3 Å². The second kappa shape index (κ2) is 8.70. The van der Waals surface area contributed by atoms with Crippen LogP contribution >= 0.6 is 0 Å². The minimum absolute atomic E-state index is 0.0490. The third-order valence-electron chi connectivity index (χ3n) is 3.48. The van der Waals surface area contributed by atoms with E-state index in [1.807, 2.05) is 0 Å². The van der Waals surface area contributed by atoms with Gasteiger partial charge in [-0.3, -0.25) is 19.7 Å². The van der Waals surface area contributed by atoms with Crippen LogP contribution in [0.1, 0.15) is 44.6 Å². The van der Waals surface area contributed by atoms with Crippen LogP contribution in [-0.2, 0) is 14.3 Å². The van der Waals surface area contributed by atoms with Gasteiger partial charge < -0.3 is 14.9 Å². The summed E-state index contributed by atoms with van der Waals surface area (Å²) in [6, 6.07) is 5.64. The number of primary amides is 1. The second-order valence-corrected chi connectivity index (χ2v) is 5.55. The average Bonchev–Trinajstić information content (AvgIpc) is 3.09. The number of aromatic nitrogens is 2. The van der Waals surface area contributed by atoms with Gasteiger partial charge in [-0.1, -0.05) is 0 Å². The van der Waals surface area contributed by atoms with Crippen molar-refractivity contribution in [3.8, 4) is 11.5 Å². The third kappa shape index (κ3) is 5.36. The Morgan fingerprint density at radius 2 is 1.88 bits per heavy atom. The van der Waals surface area contributed by atoms with E-state index < -0.39 is 22.9 Å². The van der Waals surface area contributed by atoms with Crippen molar-refractivity contribution in [1.29, 1.82) is 0 Å². The largest absolute Gasteiger partial charge is 0.453 e. The Balaban J connectivity index is 1.90. The molecule has 2 rings (SSSR count). The molecule has 1 aromatic carbocycles. The highest BCUT2D eigenvalue weighted by atomic mass is 16.6. The summed E-state index contributed by atoms with van der Waals surface area (Å²) >= 11 is 0. The summed E-state index contributed by atoms with van der Waals surface area (Å²) in [6.07, 6.45) is 0.653. The molecule has 10 nitrogen and oxygen atoms in total. The summed E-state index contributed by atoms with van der Waals surface area (Å²) in [4.78, 5) is 32.5. The van der Waals surface area contributed by atoms with Crippen molar-refractivity contribution >= 4 is 17.6 Å². The lowest BCUT2D eigenvalue weighted by molar-refractivity contribution is -0.384. The fourth-order valence-corrected chi connectivity index (χ4v) is 2.12. The van der Waals surface area contributed by atoms with Gasteiger partial charge in [-0.05, 0) is 31.9 Å². The van der Waals surface area contributed by atoms with Gasteiger partial charge in [0.25, 0.3) is 11.6 Å². The van der Waals surface area contributed by atoms with E-state index in [4.69, 9.17) is 14.9 Å². The third-order valence-corrected chi connectivity index (χ3v) is 3.48. The summed E-state index contributed by atoms with van der Waals surface area (Å²) < 4.78 is 10.7. The summed E-state index contributed by atoms with van der Waals surface area (Å²) in [6.45, 7) is 1.59. The minimum atomic E-state index is -0.738. The number of unbranched alkanes of at least 4 members (excludes halogenated alkanes) is 1. The zero-order chi connectivity index (χ0) is 19.1.